The lowest BCUT2D eigenvalue weighted by molar-refractivity contribution is 0.836. The third-order valence-corrected chi connectivity index (χ3v) is 2.37. The maximum absolute atomic E-state index is 5.69. The first-order chi connectivity index (χ1) is 7.18. The minimum Gasteiger partial charge on any atom is -0.369 e. The smallest absolute Gasteiger partial charge is 0.198 e. The van der Waals surface area contributed by atoms with Crippen molar-refractivity contribution in [1.29, 1.82) is 0 Å². The van der Waals surface area contributed by atoms with Gasteiger partial charge >= 0.3 is 0 Å². The molecule has 0 aliphatic carbocycles. The standard InChI is InChI=1S/C12H15N3/c1-8(2)10-11(15-12(13)14-10)9-6-4-3-5-7-9/h3-8H,1-2H3,(H3,13,14,15). The van der Waals surface area contributed by atoms with Crippen LogP contribution < -0.4 is 5.73 Å². The molecule has 0 fully saturated rings. The predicted octanol–water partition coefficient (Wildman–Crippen LogP) is 2.78. The second kappa shape index (κ2) is 3.77. The van der Waals surface area contributed by atoms with Crippen molar-refractivity contribution >= 4 is 5.95 Å². The average molecular weight is 201 g/mol. The number of aromatic nitrogens is 2. The van der Waals surface area contributed by atoms with Gasteiger partial charge in [-0.15, -0.1) is 0 Å². The van der Waals surface area contributed by atoms with E-state index in [1.807, 2.05) is 30.3 Å². The second-order valence-corrected chi connectivity index (χ2v) is 3.91. The molecule has 1 aromatic heterocycles. The number of nitrogens with zero attached hydrogens (tertiary/aromatic N) is 1. The predicted molar refractivity (Wildman–Crippen MR) is 62.5 cm³/mol. The van der Waals surface area contributed by atoms with Crippen molar-refractivity contribution in [3.05, 3.63) is 36.0 Å². The van der Waals surface area contributed by atoms with E-state index in [2.05, 4.69) is 23.8 Å². The number of rotatable bonds is 2. The third kappa shape index (κ3) is 1.86. The molecule has 0 aliphatic heterocycles. The van der Waals surface area contributed by atoms with Crippen molar-refractivity contribution in [2.75, 3.05) is 5.73 Å². The van der Waals surface area contributed by atoms with E-state index in [9.17, 15) is 0 Å². The van der Waals surface area contributed by atoms with Gasteiger partial charge in [0, 0.05) is 11.3 Å². The minimum atomic E-state index is 0.394. The molecule has 15 heavy (non-hydrogen) atoms. The Bertz CT molecular complexity index is 443. The van der Waals surface area contributed by atoms with Crippen molar-refractivity contribution in [1.82, 2.24) is 9.97 Å². The quantitative estimate of drug-likeness (QED) is 0.785. The van der Waals surface area contributed by atoms with Crippen LogP contribution in [0.15, 0.2) is 30.3 Å². The van der Waals surface area contributed by atoms with E-state index in [1.165, 1.54) is 0 Å². The fourth-order valence-electron chi connectivity index (χ4n) is 1.64. The Morgan fingerprint density at radius 3 is 2.47 bits per heavy atom. The van der Waals surface area contributed by atoms with E-state index in [4.69, 9.17) is 5.73 Å². The number of imidazole rings is 1. The van der Waals surface area contributed by atoms with Gasteiger partial charge in [0.05, 0.1) is 5.69 Å². The zero-order valence-corrected chi connectivity index (χ0v) is 8.99. The summed E-state index contributed by atoms with van der Waals surface area (Å²) in [5, 5.41) is 0. The average Bonchev–Trinajstić information content (AvgIpc) is 2.62. The fourth-order valence-corrected chi connectivity index (χ4v) is 1.64. The lowest BCUT2D eigenvalue weighted by Crippen LogP contribution is -1.91. The van der Waals surface area contributed by atoms with E-state index in [1.54, 1.807) is 0 Å². The van der Waals surface area contributed by atoms with Crippen molar-refractivity contribution in [2.24, 2.45) is 0 Å². The lowest BCUT2D eigenvalue weighted by Gasteiger charge is -2.04. The normalized spacial score (nSPS) is 10.9. The number of nitrogens with two attached hydrogens (primary N) is 1. The Hall–Kier alpha value is -1.77. The number of H-pyrrole nitrogens is 1. The molecule has 0 saturated heterocycles. The molecule has 0 spiro atoms. The van der Waals surface area contributed by atoms with Crippen LogP contribution in [0.2, 0.25) is 0 Å². The number of anilines is 1. The number of nitrogens with one attached hydrogen (secondary N) is 1. The monoisotopic (exact) mass is 201 g/mol. The molecule has 2 rings (SSSR count). The fraction of sp³-hybridized carbons (Fsp3) is 0.250. The Labute approximate surface area is 89.4 Å². The number of nitrogen functional groups attached to an aromatic ring is 1. The maximum Gasteiger partial charge on any atom is 0.198 e. The van der Waals surface area contributed by atoms with Crippen LogP contribution in [0.3, 0.4) is 0 Å². The molecule has 1 aromatic carbocycles. The van der Waals surface area contributed by atoms with Crippen LogP contribution >= 0.6 is 0 Å². The van der Waals surface area contributed by atoms with E-state index in [0.29, 0.717) is 11.9 Å². The lowest BCUT2D eigenvalue weighted by atomic mass is 10.0. The molecule has 3 nitrogen and oxygen atoms in total. The summed E-state index contributed by atoms with van der Waals surface area (Å²) < 4.78 is 0. The van der Waals surface area contributed by atoms with Crippen molar-refractivity contribution in [3.8, 4) is 11.3 Å². The summed E-state index contributed by atoms with van der Waals surface area (Å²) in [6.45, 7) is 4.25. The summed E-state index contributed by atoms with van der Waals surface area (Å²) in [5.74, 6) is 0.877. The molecule has 0 amide bonds. The van der Waals surface area contributed by atoms with Gasteiger partial charge in [-0.2, -0.15) is 0 Å². The minimum absolute atomic E-state index is 0.394. The highest BCUT2D eigenvalue weighted by atomic mass is 15.0. The van der Waals surface area contributed by atoms with Crippen LogP contribution in [0.25, 0.3) is 11.3 Å². The second-order valence-electron chi connectivity index (χ2n) is 3.91. The zero-order valence-electron chi connectivity index (χ0n) is 8.99. The first-order valence-electron chi connectivity index (χ1n) is 5.09. The number of hydrogen-bond donors (Lipinski definition) is 2. The molecule has 78 valence electrons. The van der Waals surface area contributed by atoms with Gasteiger partial charge in [-0.3, -0.25) is 0 Å². The van der Waals surface area contributed by atoms with Crippen molar-refractivity contribution < 1.29 is 0 Å². The summed E-state index contributed by atoms with van der Waals surface area (Å²) in [5.41, 5.74) is 8.85. The highest BCUT2D eigenvalue weighted by molar-refractivity contribution is 5.64. The van der Waals surface area contributed by atoms with Gasteiger partial charge < -0.3 is 10.7 Å². The molecule has 2 aromatic rings. The summed E-state index contributed by atoms with van der Waals surface area (Å²) in [4.78, 5) is 7.43. The molecule has 0 saturated carbocycles. The van der Waals surface area contributed by atoms with Crippen LogP contribution in [0.1, 0.15) is 25.5 Å². The molecule has 0 unspecified atom stereocenters. The van der Waals surface area contributed by atoms with Gasteiger partial charge in [0.2, 0.25) is 0 Å². The first-order valence-corrected chi connectivity index (χ1v) is 5.09. The molecule has 0 atom stereocenters. The SMILES string of the molecule is CC(C)c1[nH]c(N)nc1-c1ccccc1. The first kappa shape index (κ1) is 9.77. The third-order valence-electron chi connectivity index (χ3n) is 2.37. The summed E-state index contributed by atoms with van der Waals surface area (Å²) in [7, 11) is 0. The molecule has 0 bridgehead atoms. The Kier molecular flexibility index (Phi) is 2.46. The van der Waals surface area contributed by atoms with E-state index >= 15 is 0 Å². The van der Waals surface area contributed by atoms with Crippen molar-refractivity contribution in [3.63, 3.8) is 0 Å². The van der Waals surface area contributed by atoms with Crippen molar-refractivity contribution in [2.45, 2.75) is 19.8 Å². The van der Waals surface area contributed by atoms with Gasteiger partial charge in [-0.1, -0.05) is 44.2 Å². The van der Waals surface area contributed by atoms with Crippen LogP contribution in [-0.4, -0.2) is 9.97 Å². The summed E-state index contributed by atoms with van der Waals surface area (Å²) in [6, 6.07) is 10.1. The van der Waals surface area contributed by atoms with Crippen LogP contribution in [-0.2, 0) is 0 Å². The van der Waals surface area contributed by atoms with Gasteiger partial charge in [-0.25, -0.2) is 4.98 Å². The molecule has 0 aliphatic rings. The Balaban J connectivity index is 2.53. The molecule has 3 heteroatoms. The largest absolute Gasteiger partial charge is 0.369 e. The van der Waals surface area contributed by atoms with Crippen LogP contribution in [0.4, 0.5) is 5.95 Å². The number of benzene rings is 1. The maximum atomic E-state index is 5.69. The molecular weight excluding hydrogens is 186 g/mol. The van der Waals surface area contributed by atoms with Gasteiger partial charge in [-0.05, 0) is 5.92 Å². The molecule has 1 heterocycles. The molecule has 3 N–H and O–H groups in total. The Morgan fingerprint density at radius 2 is 1.87 bits per heavy atom. The zero-order chi connectivity index (χ0) is 10.8. The van der Waals surface area contributed by atoms with E-state index < -0.39 is 0 Å². The highest BCUT2D eigenvalue weighted by Gasteiger charge is 2.12. The van der Waals surface area contributed by atoms with E-state index in [-0.39, 0.29) is 0 Å². The van der Waals surface area contributed by atoms with Gasteiger partial charge in [0.25, 0.3) is 0 Å². The van der Waals surface area contributed by atoms with E-state index in [0.717, 1.165) is 17.0 Å². The van der Waals surface area contributed by atoms with Gasteiger partial charge in [0.15, 0.2) is 5.95 Å². The highest BCUT2D eigenvalue weighted by Crippen LogP contribution is 2.27. The van der Waals surface area contributed by atoms with Gasteiger partial charge in [0.1, 0.15) is 0 Å². The Morgan fingerprint density at radius 1 is 1.20 bits per heavy atom. The van der Waals surface area contributed by atoms with Crippen LogP contribution in [0.5, 0.6) is 0 Å². The van der Waals surface area contributed by atoms with Crippen LogP contribution in [0, 0.1) is 0 Å². The molecule has 0 radical (unpaired) electrons. The summed E-state index contributed by atoms with van der Waals surface area (Å²) in [6.07, 6.45) is 0. The topological polar surface area (TPSA) is 54.7 Å². The number of hydrogen-bond acceptors (Lipinski definition) is 2. The number of aromatic amines is 1. The molecular formula is C12H15N3. The summed E-state index contributed by atoms with van der Waals surface area (Å²) >= 11 is 0.